The van der Waals surface area contributed by atoms with Gasteiger partial charge in [0.15, 0.2) is 0 Å². The molecule has 0 unspecified atom stereocenters. The first-order chi connectivity index (χ1) is 9.54. The Morgan fingerprint density at radius 1 is 1.40 bits per heavy atom. The van der Waals surface area contributed by atoms with Crippen LogP contribution in [-0.2, 0) is 4.79 Å². The number of hydrogen-bond acceptors (Lipinski definition) is 3. The number of rotatable bonds is 5. The SMILES string of the molecule is NC(=O)CCNC(=O)c1ccc(F)cc1C#CCCO. The van der Waals surface area contributed by atoms with E-state index in [0.29, 0.717) is 0 Å². The molecule has 0 saturated heterocycles. The van der Waals surface area contributed by atoms with Crippen LogP contribution in [0.4, 0.5) is 4.39 Å². The second-order valence-corrected chi connectivity index (χ2v) is 3.94. The maximum atomic E-state index is 13.2. The highest BCUT2D eigenvalue weighted by Gasteiger charge is 2.11. The van der Waals surface area contributed by atoms with Crippen molar-refractivity contribution < 1.29 is 19.1 Å². The first-order valence-corrected chi connectivity index (χ1v) is 6.00. The standard InChI is InChI=1S/C14H15FN2O3/c15-11-4-5-12(10(9-11)3-1-2-8-18)14(20)17-7-6-13(16)19/h4-5,9,18H,2,6-8H2,(H2,16,19)(H,17,20). The minimum atomic E-state index is -0.521. The summed E-state index contributed by atoms with van der Waals surface area (Å²) in [5, 5.41) is 11.1. The summed E-state index contributed by atoms with van der Waals surface area (Å²) < 4.78 is 13.2. The summed E-state index contributed by atoms with van der Waals surface area (Å²) >= 11 is 0. The van der Waals surface area contributed by atoms with Crippen molar-refractivity contribution in [3.63, 3.8) is 0 Å². The van der Waals surface area contributed by atoms with Crippen molar-refractivity contribution in [3.05, 3.63) is 35.1 Å². The largest absolute Gasteiger partial charge is 0.395 e. The molecule has 0 atom stereocenters. The third-order valence-electron chi connectivity index (χ3n) is 2.34. The van der Waals surface area contributed by atoms with Gasteiger partial charge in [-0.1, -0.05) is 11.8 Å². The Morgan fingerprint density at radius 3 is 2.80 bits per heavy atom. The van der Waals surface area contributed by atoms with E-state index in [1.807, 2.05) is 0 Å². The van der Waals surface area contributed by atoms with E-state index in [1.165, 1.54) is 6.07 Å². The van der Waals surface area contributed by atoms with Crippen LogP contribution in [0.5, 0.6) is 0 Å². The van der Waals surface area contributed by atoms with Crippen LogP contribution in [0.25, 0.3) is 0 Å². The number of carbonyl (C=O) groups is 2. The molecular formula is C14H15FN2O3. The van der Waals surface area contributed by atoms with Crippen molar-refractivity contribution in [2.45, 2.75) is 12.8 Å². The first-order valence-electron chi connectivity index (χ1n) is 6.00. The molecule has 0 aliphatic heterocycles. The van der Waals surface area contributed by atoms with Gasteiger partial charge in [0.05, 0.1) is 12.2 Å². The molecule has 0 radical (unpaired) electrons. The highest BCUT2D eigenvalue weighted by Crippen LogP contribution is 2.10. The Hall–Kier alpha value is -2.39. The van der Waals surface area contributed by atoms with E-state index >= 15 is 0 Å². The number of carbonyl (C=O) groups excluding carboxylic acids is 2. The molecule has 106 valence electrons. The Morgan fingerprint density at radius 2 is 2.15 bits per heavy atom. The molecule has 20 heavy (non-hydrogen) atoms. The third kappa shape index (κ3) is 5.08. The smallest absolute Gasteiger partial charge is 0.252 e. The predicted molar refractivity (Wildman–Crippen MR) is 71.1 cm³/mol. The molecule has 0 fully saturated rings. The molecule has 2 amide bonds. The molecule has 0 aliphatic rings. The highest BCUT2D eigenvalue weighted by atomic mass is 19.1. The quantitative estimate of drug-likeness (QED) is 0.670. The van der Waals surface area contributed by atoms with Gasteiger partial charge in [0.25, 0.3) is 5.91 Å². The van der Waals surface area contributed by atoms with E-state index in [2.05, 4.69) is 17.2 Å². The number of aliphatic hydroxyl groups excluding tert-OH is 1. The number of primary amides is 1. The van der Waals surface area contributed by atoms with Crippen LogP contribution >= 0.6 is 0 Å². The molecule has 6 heteroatoms. The normalized spacial score (nSPS) is 9.50. The van der Waals surface area contributed by atoms with Crippen LogP contribution < -0.4 is 11.1 Å². The molecule has 1 aromatic rings. The second-order valence-electron chi connectivity index (χ2n) is 3.94. The van der Waals surface area contributed by atoms with Gasteiger partial charge < -0.3 is 16.2 Å². The lowest BCUT2D eigenvalue weighted by Crippen LogP contribution is -2.28. The Balaban J connectivity index is 2.85. The summed E-state index contributed by atoms with van der Waals surface area (Å²) in [5.41, 5.74) is 5.40. The molecule has 1 rings (SSSR count). The summed E-state index contributed by atoms with van der Waals surface area (Å²) in [5.74, 6) is 3.77. The Labute approximate surface area is 116 Å². The Bertz CT molecular complexity index is 561. The van der Waals surface area contributed by atoms with Gasteiger partial charge >= 0.3 is 0 Å². The number of halogens is 1. The summed E-state index contributed by atoms with van der Waals surface area (Å²) in [6, 6.07) is 3.62. The van der Waals surface area contributed by atoms with Crippen molar-refractivity contribution in [2.75, 3.05) is 13.2 Å². The monoisotopic (exact) mass is 278 g/mol. The molecule has 4 N–H and O–H groups in total. The van der Waals surface area contributed by atoms with Gasteiger partial charge in [-0.25, -0.2) is 4.39 Å². The van der Waals surface area contributed by atoms with Gasteiger partial charge in [-0.3, -0.25) is 9.59 Å². The van der Waals surface area contributed by atoms with Crippen LogP contribution in [0.3, 0.4) is 0 Å². The van der Waals surface area contributed by atoms with Gasteiger partial charge in [0, 0.05) is 24.9 Å². The summed E-state index contributed by atoms with van der Waals surface area (Å²) in [4.78, 5) is 22.5. The zero-order chi connectivity index (χ0) is 15.0. The van der Waals surface area contributed by atoms with Crippen molar-refractivity contribution in [1.82, 2.24) is 5.32 Å². The van der Waals surface area contributed by atoms with Crippen LogP contribution in [0.1, 0.15) is 28.8 Å². The molecule has 0 bridgehead atoms. The first kappa shape index (κ1) is 15.7. The van der Waals surface area contributed by atoms with Gasteiger partial charge in [-0.05, 0) is 18.2 Å². The van der Waals surface area contributed by atoms with Crippen LogP contribution in [0, 0.1) is 17.7 Å². The number of nitrogens with two attached hydrogens (primary N) is 1. The van der Waals surface area contributed by atoms with Crippen LogP contribution in [0.15, 0.2) is 18.2 Å². The van der Waals surface area contributed by atoms with Crippen molar-refractivity contribution >= 4 is 11.8 Å². The van der Waals surface area contributed by atoms with E-state index in [4.69, 9.17) is 10.8 Å². The molecule has 0 heterocycles. The van der Waals surface area contributed by atoms with Crippen molar-refractivity contribution in [2.24, 2.45) is 5.73 Å². The van der Waals surface area contributed by atoms with E-state index in [-0.39, 0.29) is 37.1 Å². The summed E-state index contributed by atoms with van der Waals surface area (Å²) in [6.45, 7) is -0.00247. The van der Waals surface area contributed by atoms with E-state index in [9.17, 15) is 14.0 Å². The van der Waals surface area contributed by atoms with Gasteiger partial charge in [-0.2, -0.15) is 0 Å². The maximum absolute atomic E-state index is 13.2. The van der Waals surface area contributed by atoms with E-state index < -0.39 is 17.6 Å². The van der Waals surface area contributed by atoms with E-state index in [1.54, 1.807) is 0 Å². The lowest BCUT2D eigenvalue weighted by molar-refractivity contribution is -0.117. The minimum Gasteiger partial charge on any atom is -0.395 e. The van der Waals surface area contributed by atoms with Crippen molar-refractivity contribution in [1.29, 1.82) is 0 Å². The van der Waals surface area contributed by atoms with Crippen LogP contribution in [0.2, 0.25) is 0 Å². The zero-order valence-corrected chi connectivity index (χ0v) is 10.8. The molecule has 1 aromatic carbocycles. The van der Waals surface area contributed by atoms with Crippen molar-refractivity contribution in [3.8, 4) is 11.8 Å². The van der Waals surface area contributed by atoms with Gasteiger partial charge in [0.2, 0.25) is 5.91 Å². The fourth-order valence-corrected chi connectivity index (χ4v) is 1.43. The second kappa shape index (κ2) is 7.92. The average molecular weight is 278 g/mol. The number of amides is 2. The lowest BCUT2D eigenvalue weighted by Gasteiger charge is -2.06. The third-order valence-corrected chi connectivity index (χ3v) is 2.34. The molecule has 0 spiro atoms. The average Bonchev–Trinajstić information content (AvgIpc) is 2.38. The topological polar surface area (TPSA) is 92.4 Å². The number of benzene rings is 1. The lowest BCUT2D eigenvalue weighted by atomic mass is 10.1. The fourth-order valence-electron chi connectivity index (χ4n) is 1.43. The highest BCUT2D eigenvalue weighted by molar-refractivity contribution is 5.96. The molecule has 0 saturated carbocycles. The molecule has 5 nitrogen and oxygen atoms in total. The molecule has 0 aliphatic carbocycles. The predicted octanol–water partition coefficient (Wildman–Crippen LogP) is 0.165. The fraction of sp³-hybridized carbons (Fsp3) is 0.286. The van der Waals surface area contributed by atoms with Gasteiger partial charge in [0.1, 0.15) is 5.82 Å². The Kier molecular flexibility index (Phi) is 6.20. The zero-order valence-electron chi connectivity index (χ0n) is 10.8. The summed E-state index contributed by atoms with van der Waals surface area (Å²) in [6.07, 6.45) is 0.262. The van der Waals surface area contributed by atoms with Crippen LogP contribution in [-0.4, -0.2) is 30.1 Å². The van der Waals surface area contributed by atoms with Gasteiger partial charge in [-0.15, -0.1) is 0 Å². The number of aliphatic hydroxyl groups is 1. The molecule has 0 aromatic heterocycles. The number of hydrogen-bond donors (Lipinski definition) is 3. The summed E-state index contributed by atoms with van der Waals surface area (Å²) in [7, 11) is 0. The number of nitrogens with one attached hydrogen (secondary N) is 1. The minimum absolute atomic E-state index is 0.0262. The molecular weight excluding hydrogens is 263 g/mol. The maximum Gasteiger partial charge on any atom is 0.252 e. The van der Waals surface area contributed by atoms with E-state index in [0.717, 1.165) is 12.1 Å².